The van der Waals surface area contributed by atoms with Crippen LogP contribution in [0.4, 0.5) is 5.69 Å². The number of halogens is 1. The van der Waals surface area contributed by atoms with E-state index in [-0.39, 0.29) is 0 Å². The molecule has 1 aromatic carbocycles. The highest BCUT2D eigenvalue weighted by Crippen LogP contribution is 2.27. The van der Waals surface area contributed by atoms with Crippen LogP contribution in [0.1, 0.15) is 20.3 Å². The summed E-state index contributed by atoms with van der Waals surface area (Å²) in [6, 6.07) is 5.62. The maximum atomic E-state index is 5.90. The predicted molar refractivity (Wildman–Crippen MR) is 61.4 cm³/mol. The van der Waals surface area contributed by atoms with Crippen LogP contribution in [-0.4, -0.2) is 13.2 Å². The molecule has 1 rings (SSSR count). The zero-order valence-electron chi connectivity index (χ0n) is 8.64. The maximum Gasteiger partial charge on any atom is 0.142 e. The van der Waals surface area contributed by atoms with Gasteiger partial charge in [0.1, 0.15) is 5.75 Å². The minimum Gasteiger partial charge on any atom is -0.492 e. The molecule has 0 fully saturated rings. The Morgan fingerprint density at radius 3 is 2.79 bits per heavy atom. The zero-order valence-corrected chi connectivity index (χ0v) is 9.40. The van der Waals surface area contributed by atoms with Crippen molar-refractivity contribution in [1.29, 1.82) is 0 Å². The third kappa shape index (κ3) is 3.11. The van der Waals surface area contributed by atoms with Gasteiger partial charge in [0, 0.05) is 11.6 Å². The van der Waals surface area contributed by atoms with Gasteiger partial charge in [-0.3, -0.25) is 0 Å². The van der Waals surface area contributed by atoms with Gasteiger partial charge in [0.25, 0.3) is 0 Å². The zero-order chi connectivity index (χ0) is 10.4. The Labute approximate surface area is 90.2 Å². The van der Waals surface area contributed by atoms with Crippen molar-refractivity contribution in [2.45, 2.75) is 20.3 Å². The molecule has 0 aliphatic rings. The van der Waals surface area contributed by atoms with E-state index in [1.807, 2.05) is 25.1 Å². The third-order valence-corrected chi connectivity index (χ3v) is 2.04. The Morgan fingerprint density at radius 2 is 2.14 bits per heavy atom. The highest BCUT2D eigenvalue weighted by Gasteiger charge is 2.02. The maximum absolute atomic E-state index is 5.90. The Kier molecular flexibility index (Phi) is 4.60. The molecule has 14 heavy (non-hydrogen) atoms. The van der Waals surface area contributed by atoms with E-state index in [2.05, 4.69) is 12.2 Å². The molecule has 0 aliphatic carbocycles. The minimum absolute atomic E-state index is 0.669. The summed E-state index contributed by atoms with van der Waals surface area (Å²) in [6.07, 6.45) is 1.08. The van der Waals surface area contributed by atoms with E-state index >= 15 is 0 Å². The first-order valence-electron chi connectivity index (χ1n) is 4.94. The fourth-order valence-corrected chi connectivity index (χ4v) is 1.35. The van der Waals surface area contributed by atoms with Crippen LogP contribution in [-0.2, 0) is 0 Å². The molecule has 0 radical (unpaired) electrons. The number of benzene rings is 1. The Bertz CT molecular complexity index is 289. The standard InChI is InChI=1S/C11H16ClNO/c1-3-7-13-10-8-9(12)5-6-11(10)14-4-2/h5-6,8,13H,3-4,7H2,1-2H3. The molecule has 1 N–H and O–H groups in total. The summed E-state index contributed by atoms with van der Waals surface area (Å²) in [4.78, 5) is 0. The Hall–Kier alpha value is -0.890. The van der Waals surface area contributed by atoms with Gasteiger partial charge in [-0.2, -0.15) is 0 Å². The van der Waals surface area contributed by atoms with Crippen molar-refractivity contribution in [3.8, 4) is 5.75 Å². The molecule has 0 bridgehead atoms. The smallest absolute Gasteiger partial charge is 0.142 e. The average molecular weight is 214 g/mol. The second kappa shape index (κ2) is 5.76. The van der Waals surface area contributed by atoms with Gasteiger partial charge in [0.15, 0.2) is 0 Å². The topological polar surface area (TPSA) is 21.3 Å². The monoisotopic (exact) mass is 213 g/mol. The molecule has 2 nitrogen and oxygen atoms in total. The van der Waals surface area contributed by atoms with E-state index in [9.17, 15) is 0 Å². The summed E-state index contributed by atoms with van der Waals surface area (Å²) in [7, 11) is 0. The highest BCUT2D eigenvalue weighted by molar-refractivity contribution is 6.30. The molecule has 78 valence electrons. The summed E-state index contributed by atoms with van der Waals surface area (Å²) in [5.41, 5.74) is 0.973. The van der Waals surface area contributed by atoms with E-state index in [0.29, 0.717) is 6.61 Å². The number of anilines is 1. The first-order chi connectivity index (χ1) is 6.77. The molecule has 3 heteroatoms. The van der Waals surface area contributed by atoms with Gasteiger partial charge >= 0.3 is 0 Å². The average Bonchev–Trinajstić information content (AvgIpc) is 2.18. The molecule has 0 aliphatic heterocycles. The molecule has 0 saturated heterocycles. The van der Waals surface area contributed by atoms with Crippen molar-refractivity contribution >= 4 is 17.3 Å². The fraction of sp³-hybridized carbons (Fsp3) is 0.455. The van der Waals surface area contributed by atoms with Crippen molar-refractivity contribution in [2.24, 2.45) is 0 Å². The molecule has 0 atom stereocenters. The van der Waals surface area contributed by atoms with E-state index in [1.54, 1.807) is 0 Å². The summed E-state index contributed by atoms with van der Waals surface area (Å²) < 4.78 is 5.47. The molecule has 0 aromatic heterocycles. The van der Waals surface area contributed by atoms with Crippen molar-refractivity contribution in [3.05, 3.63) is 23.2 Å². The Balaban J connectivity index is 2.79. The molecule has 0 heterocycles. The van der Waals surface area contributed by atoms with Crippen molar-refractivity contribution in [3.63, 3.8) is 0 Å². The molecule has 0 saturated carbocycles. The number of hydrogen-bond donors (Lipinski definition) is 1. The normalized spacial score (nSPS) is 9.93. The lowest BCUT2D eigenvalue weighted by molar-refractivity contribution is 0.341. The van der Waals surface area contributed by atoms with E-state index in [1.165, 1.54) is 0 Å². The summed E-state index contributed by atoms with van der Waals surface area (Å²) in [5.74, 6) is 0.866. The Morgan fingerprint density at radius 1 is 1.36 bits per heavy atom. The number of nitrogens with one attached hydrogen (secondary N) is 1. The molecule has 1 aromatic rings. The number of ether oxygens (including phenoxy) is 1. The van der Waals surface area contributed by atoms with Crippen LogP contribution in [0.2, 0.25) is 5.02 Å². The van der Waals surface area contributed by atoms with Gasteiger partial charge in [0.2, 0.25) is 0 Å². The molecule has 0 spiro atoms. The van der Waals surface area contributed by atoms with E-state index < -0.39 is 0 Å². The van der Waals surface area contributed by atoms with E-state index in [4.69, 9.17) is 16.3 Å². The molecular weight excluding hydrogens is 198 g/mol. The number of hydrogen-bond acceptors (Lipinski definition) is 2. The first-order valence-corrected chi connectivity index (χ1v) is 5.32. The third-order valence-electron chi connectivity index (χ3n) is 1.81. The van der Waals surface area contributed by atoms with Gasteiger partial charge in [-0.15, -0.1) is 0 Å². The van der Waals surface area contributed by atoms with Crippen molar-refractivity contribution in [2.75, 3.05) is 18.5 Å². The lowest BCUT2D eigenvalue weighted by atomic mass is 10.3. The van der Waals surface area contributed by atoms with E-state index in [0.717, 1.165) is 29.4 Å². The molecule has 0 unspecified atom stereocenters. The van der Waals surface area contributed by atoms with Crippen LogP contribution in [0.3, 0.4) is 0 Å². The SMILES string of the molecule is CCCNc1cc(Cl)ccc1OCC. The van der Waals surface area contributed by atoms with Crippen LogP contribution < -0.4 is 10.1 Å². The minimum atomic E-state index is 0.669. The van der Waals surface area contributed by atoms with Crippen LogP contribution in [0.25, 0.3) is 0 Å². The van der Waals surface area contributed by atoms with Gasteiger partial charge in [-0.25, -0.2) is 0 Å². The van der Waals surface area contributed by atoms with Gasteiger partial charge in [0.05, 0.1) is 12.3 Å². The second-order valence-corrected chi connectivity index (χ2v) is 3.44. The summed E-state index contributed by atoms with van der Waals surface area (Å²) >= 11 is 5.90. The van der Waals surface area contributed by atoms with Crippen LogP contribution in [0.5, 0.6) is 5.75 Å². The largest absolute Gasteiger partial charge is 0.492 e. The first kappa shape index (κ1) is 11.2. The van der Waals surface area contributed by atoms with Gasteiger partial charge in [-0.05, 0) is 31.5 Å². The quantitative estimate of drug-likeness (QED) is 0.808. The van der Waals surface area contributed by atoms with Crippen LogP contribution >= 0.6 is 11.6 Å². The fourth-order valence-electron chi connectivity index (χ4n) is 1.18. The highest BCUT2D eigenvalue weighted by atomic mass is 35.5. The predicted octanol–water partition coefficient (Wildman–Crippen LogP) is 3.56. The number of rotatable bonds is 5. The van der Waals surface area contributed by atoms with Crippen molar-refractivity contribution < 1.29 is 4.74 Å². The molecule has 0 amide bonds. The van der Waals surface area contributed by atoms with Crippen LogP contribution in [0.15, 0.2) is 18.2 Å². The summed E-state index contributed by atoms with van der Waals surface area (Å²) in [6.45, 7) is 5.69. The van der Waals surface area contributed by atoms with Gasteiger partial charge < -0.3 is 10.1 Å². The lowest BCUT2D eigenvalue weighted by Crippen LogP contribution is -2.03. The lowest BCUT2D eigenvalue weighted by Gasteiger charge is -2.11. The second-order valence-electron chi connectivity index (χ2n) is 3.00. The van der Waals surface area contributed by atoms with Crippen molar-refractivity contribution in [1.82, 2.24) is 0 Å². The summed E-state index contributed by atoms with van der Waals surface area (Å²) in [5, 5.41) is 4.01. The van der Waals surface area contributed by atoms with Gasteiger partial charge in [-0.1, -0.05) is 18.5 Å². The molecular formula is C11H16ClNO. The van der Waals surface area contributed by atoms with Crippen LogP contribution in [0, 0.1) is 0 Å².